The Balaban J connectivity index is -0.000000320. The van der Waals surface area contributed by atoms with Crippen molar-refractivity contribution in [1.82, 2.24) is 0 Å². The Morgan fingerprint density at radius 3 is 2.09 bits per heavy atom. The zero-order chi connectivity index (χ0) is 6.95. The lowest BCUT2D eigenvalue weighted by Crippen LogP contribution is -2.02. The topological polar surface area (TPSA) is 18.5 Å². The SMILES string of the molecule is C.C.CCCCOCCOC. The van der Waals surface area contributed by atoms with E-state index >= 15 is 0 Å². The van der Waals surface area contributed by atoms with Gasteiger partial charge in [0.2, 0.25) is 0 Å². The molecular weight excluding hydrogens is 140 g/mol. The lowest BCUT2D eigenvalue weighted by atomic mass is 10.4. The van der Waals surface area contributed by atoms with Gasteiger partial charge in [0.15, 0.2) is 0 Å². The highest BCUT2D eigenvalue weighted by molar-refractivity contribution is 4.31. The Morgan fingerprint density at radius 2 is 1.64 bits per heavy atom. The highest BCUT2D eigenvalue weighted by Gasteiger charge is 1.84. The number of unbranched alkanes of at least 4 members (excludes halogenated alkanes) is 1. The van der Waals surface area contributed by atoms with Gasteiger partial charge in [0, 0.05) is 13.7 Å². The van der Waals surface area contributed by atoms with Gasteiger partial charge in [0.05, 0.1) is 13.2 Å². The second-order valence-corrected chi connectivity index (χ2v) is 1.96. The number of hydrogen-bond acceptors (Lipinski definition) is 2. The van der Waals surface area contributed by atoms with Crippen LogP contribution in [-0.2, 0) is 9.47 Å². The van der Waals surface area contributed by atoms with E-state index in [-0.39, 0.29) is 14.9 Å². The Hall–Kier alpha value is -0.0800. The van der Waals surface area contributed by atoms with Crippen molar-refractivity contribution in [2.24, 2.45) is 0 Å². The van der Waals surface area contributed by atoms with Crippen molar-refractivity contribution in [2.45, 2.75) is 34.6 Å². The van der Waals surface area contributed by atoms with Crippen LogP contribution in [0.4, 0.5) is 0 Å². The van der Waals surface area contributed by atoms with Crippen molar-refractivity contribution in [2.75, 3.05) is 26.9 Å². The molecule has 0 unspecified atom stereocenters. The van der Waals surface area contributed by atoms with Crippen molar-refractivity contribution in [1.29, 1.82) is 0 Å². The minimum absolute atomic E-state index is 0. The van der Waals surface area contributed by atoms with Crippen LogP contribution < -0.4 is 0 Å². The third-order valence-corrected chi connectivity index (χ3v) is 1.07. The summed E-state index contributed by atoms with van der Waals surface area (Å²) in [6.45, 7) is 4.47. The van der Waals surface area contributed by atoms with Gasteiger partial charge in [0.1, 0.15) is 0 Å². The molecule has 0 rings (SSSR count). The molecule has 11 heavy (non-hydrogen) atoms. The Morgan fingerprint density at radius 1 is 1.00 bits per heavy atom. The fourth-order valence-electron chi connectivity index (χ4n) is 0.491. The van der Waals surface area contributed by atoms with Crippen LogP contribution in [0.25, 0.3) is 0 Å². The van der Waals surface area contributed by atoms with E-state index in [9.17, 15) is 0 Å². The van der Waals surface area contributed by atoms with E-state index < -0.39 is 0 Å². The molecule has 0 fully saturated rings. The van der Waals surface area contributed by atoms with E-state index in [4.69, 9.17) is 9.47 Å². The van der Waals surface area contributed by atoms with Crippen LogP contribution in [0.2, 0.25) is 0 Å². The zero-order valence-electron chi connectivity index (χ0n) is 6.35. The lowest BCUT2D eigenvalue weighted by Gasteiger charge is -2.00. The molecule has 2 heteroatoms. The van der Waals surface area contributed by atoms with Crippen LogP contribution in [0.1, 0.15) is 34.6 Å². The van der Waals surface area contributed by atoms with Crippen molar-refractivity contribution in [3.63, 3.8) is 0 Å². The molecule has 0 amide bonds. The van der Waals surface area contributed by atoms with Crippen LogP contribution in [0.15, 0.2) is 0 Å². The van der Waals surface area contributed by atoms with Crippen LogP contribution in [0.5, 0.6) is 0 Å². The summed E-state index contributed by atoms with van der Waals surface area (Å²) in [5.74, 6) is 0. The molecule has 0 heterocycles. The summed E-state index contributed by atoms with van der Waals surface area (Å²) in [6.07, 6.45) is 2.36. The predicted octanol–water partition coefficient (Wildman–Crippen LogP) is 2.72. The summed E-state index contributed by atoms with van der Waals surface area (Å²) in [5.41, 5.74) is 0. The van der Waals surface area contributed by atoms with Gasteiger partial charge >= 0.3 is 0 Å². The summed E-state index contributed by atoms with van der Waals surface area (Å²) >= 11 is 0. The minimum Gasteiger partial charge on any atom is -0.382 e. The molecule has 0 saturated carbocycles. The van der Waals surface area contributed by atoms with E-state index in [1.54, 1.807) is 7.11 Å². The maximum absolute atomic E-state index is 5.19. The van der Waals surface area contributed by atoms with Crippen LogP contribution >= 0.6 is 0 Å². The Kier molecular flexibility index (Phi) is 25.7. The third kappa shape index (κ3) is 17.8. The molecule has 0 aliphatic heterocycles. The Bertz CT molecular complexity index is 40.8. The van der Waals surface area contributed by atoms with Gasteiger partial charge < -0.3 is 9.47 Å². The first-order valence-corrected chi connectivity index (χ1v) is 3.48. The first kappa shape index (κ1) is 17.1. The molecule has 0 aliphatic rings. The average molecular weight is 164 g/mol. The number of rotatable bonds is 6. The molecule has 0 saturated heterocycles. The second kappa shape index (κ2) is 16.5. The molecule has 72 valence electrons. The predicted molar refractivity (Wildman–Crippen MR) is 51.1 cm³/mol. The molecule has 0 aromatic rings. The largest absolute Gasteiger partial charge is 0.382 e. The summed E-state index contributed by atoms with van der Waals surface area (Å²) in [4.78, 5) is 0. The normalized spacial score (nSPS) is 8.18. The van der Waals surface area contributed by atoms with Gasteiger partial charge in [-0.2, -0.15) is 0 Å². The van der Waals surface area contributed by atoms with Crippen molar-refractivity contribution >= 4 is 0 Å². The van der Waals surface area contributed by atoms with E-state index in [0.29, 0.717) is 6.61 Å². The summed E-state index contributed by atoms with van der Waals surface area (Å²) in [7, 11) is 1.68. The minimum atomic E-state index is 0. The standard InChI is InChI=1S/C7H16O2.2CH4/c1-3-4-5-9-7-6-8-2;;/h3-7H2,1-2H3;2*1H4. The molecule has 0 aliphatic carbocycles. The van der Waals surface area contributed by atoms with Crippen molar-refractivity contribution in [3.8, 4) is 0 Å². The maximum atomic E-state index is 5.19. The Labute approximate surface area is 71.9 Å². The van der Waals surface area contributed by atoms with Gasteiger partial charge in [-0.25, -0.2) is 0 Å². The maximum Gasteiger partial charge on any atom is 0.0700 e. The van der Waals surface area contributed by atoms with E-state index in [2.05, 4.69) is 6.92 Å². The third-order valence-electron chi connectivity index (χ3n) is 1.07. The van der Waals surface area contributed by atoms with Crippen LogP contribution in [0, 0.1) is 0 Å². The molecular formula is C9H24O2. The number of methoxy groups -OCH3 is 1. The monoisotopic (exact) mass is 164 g/mol. The van der Waals surface area contributed by atoms with Gasteiger partial charge in [-0.3, -0.25) is 0 Å². The van der Waals surface area contributed by atoms with Gasteiger partial charge in [-0.1, -0.05) is 28.2 Å². The van der Waals surface area contributed by atoms with Gasteiger partial charge in [0.25, 0.3) is 0 Å². The fraction of sp³-hybridized carbons (Fsp3) is 1.00. The molecule has 0 spiro atoms. The quantitative estimate of drug-likeness (QED) is 0.562. The van der Waals surface area contributed by atoms with Crippen LogP contribution in [0.3, 0.4) is 0 Å². The smallest absolute Gasteiger partial charge is 0.0700 e. The highest BCUT2D eigenvalue weighted by Crippen LogP contribution is 1.86. The molecule has 0 aromatic carbocycles. The average Bonchev–Trinajstić information content (AvgIpc) is 1.89. The number of hydrogen-bond donors (Lipinski definition) is 0. The molecule has 0 bridgehead atoms. The van der Waals surface area contributed by atoms with Gasteiger partial charge in [-0.05, 0) is 6.42 Å². The van der Waals surface area contributed by atoms with Crippen molar-refractivity contribution < 1.29 is 9.47 Å². The first-order chi connectivity index (χ1) is 4.41. The second-order valence-electron chi connectivity index (χ2n) is 1.96. The molecule has 0 N–H and O–H groups in total. The molecule has 0 atom stereocenters. The fourth-order valence-corrected chi connectivity index (χ4v) is 0.491. The van der Waals surface area contributed by atoms with E-state index in [1.807, 2.05) is 0 Å². The molecule has 2 nitrogen and oxygen atoms in total. The highest BCUT2D eigenvalue weighted by atomic mass is 16.5. The summed E-state index contributed by atoms with van der Waals surface area (Å²) < 4.78 is 9.99. The summed E-state index contributed by atoms with van der Waals surface area (Å²) in [5, 5.41) is 0. The zero-order valence-corrected chi connectivity index (χ0v) is 6.35. The van der Waals surface area contributed by atoms with E-state index in [0.717, 1.165) is 19.6 Å². The van der Waals surface area contributed by atoms with Crippen LogP contribution in [-0.4, -0.2) is 26.9 Å². The van der Waals surface area contributed by atoms with Crippen molar-refractivity contribution in [3.05, 3.63) is 0 Å². The molecule has 0 radical (unpaired) electrons. The lowest BCUT2D eigenvalue weighted by molar-refractivity contribution is 0.0692. The summed E-state index contributed by atoms with van der Waals surface area (Å²) in [6, 6.07) is 0. The molecule has 0 aromatic heterocycles. The van der Waals surface area contributed by atoms with E-state index in [1.165, 1.54) is 6.42 Å². The first-order valence-electron chi connectivity index (χ1n) is 3.48. The van der Waals surface area contributed by atoms with Gasteiger partial charge in [-0.15, -0.1) is 0 Å². The number of ether oxygens (including phenoxy) is 2.